The minimum Gasteiger partial charge on any atom is -0.478 e. The van der Waals surface area contributed by atoms with Gasteiger partial charge in [-0.3, -0.25) is 4.79 Å². The first-order chi connectivity index (χ1) is 14.5. The van der Waals surface area contributed by atoms with Crippen LogP contribution in [-0.2, 0) is 4.79 Å². The fourth-order valence-electron chi connectivity index (χ4n) is 3.48. The molecule has 1 amide bonds. The predicted molar refractivity (Wildman–Crippen MR) is 118 cm³/mol. The van der Waals surface area contributed by atoms with E-state index in [1.54, 1.807) is 29.2 Å². The SMILES string of the molecule is O=C(O)/C=C/CNCCCN1c2cc(Cl)ccc2C(=O)N(CCO)c2ccccc21. The van der Waals surface area contributed by atoms with Crippen LogP contribution in [0.4, 0.5) is 17.1 Å². The van der Waals surface area contributed by atoms with Gasteiger partial charge in [-0.15, -0.1) is 0 Å². The minimum atomic E-state index is -0.969. The van der Waals surface area contributed by atoms with Crippen molar-refractivity contribution in [2.75, 3.05) is 42.6 Å². The smallest absolute Gasteiger partial charge is 0.328 e. The van der Waals surface area contributed by atoms with E-state index in [-0.39, 0.29) is 19.1 Å². The van der Waals surface area contributed by atoms with Gasteiger partial charge in [0.15, 0.2) is 0 Å². The average Bonchev–Trinajstić information content (AvgIpc) is 2.82. The first-order valence-corrected chi connectivity index (χ1v) is 10.1. The number of benzene rings is 2. The lowest BCUT2D eigenvalue weighted by atomic mass is 10.1. The number of para-hydroxylation sites is 2. The molecule has 3 N–H and O–H groups in total. The van der Waals surface area contributed by atoms with E-state index in [4.69, 9.17) is 16.7 Å². The number of nitrogens with zero attached hydrogens (tertiary/aromatic N) is 2. The number of carboxylic acid groups (broad SMARTS) is 1. The maximum absolute atomic E-state index is 13.2. The normalized spacial score (nSPS) is 13.3. The lowest BCUT2D eigenvalue weighted by Crippen LogP contribution is -2.32. The highest BCUT2D eigenvalue weighted by atomic mass is 35.5. The van der Waals surface area contributed by atoms with E-state index in [0.717, 1.165) is 29.6 Å². The van der Waals surface area contributed by atoms with Gasteiger partial charge in [-0.25, -0.2) is 4.79 Å². The number of fused-ring (bicyclic) bond motifs is 2. The first-order valence-electron chi connectivity index (χ1n) is 9.72. The Morgan fingerprint density at radius 3 is 2.50 bits per heavy atom. The number of hydrogen-bond donors (Lipinski definition) is 3. The monoisotopic (exact) mass is 429 g/mol. The second-order valence-electron chi connectivity index (χ2n) is 6.78. The van der Waals surface area contributed by atoms with E-state index >= 15 is 0 Å². The van der Waals surface area contributed by atoms with Gasteiger partial charge in [0, 0.05) is 30.7 Å². The van der Waals surface area contributed by atoms with Crippen LogP contribution in [0.1, 0.15) is 16.8 Å². The van der Waals surface area contributed by atoms with E-state index in [1.807, 2.05) is 24.3 Å². The number of carbonyl (C=O) groups is 2. The zero-order valence-corrected chi connectivity index (χ0v) is 17.2. The predicted octanol–water partition coefficient (Wildman–Crippen LogP) is 3.05. The summed E-state index contributed by atoms with van der Waals surface area (Å²) in [6.07, 6.45) is 3.43. The molecule has 0 aliphatic carbocycles. The second kappa shape index (κ2) is 10.2. The van der Waals surface area contributed by atoms with Crippen molar-refractivity contribution in [3.05, 3.63) is 65.2 Å². The molecule has 30 heavy (non-hydrogen) atoms. The van der Waals surface area contributed by atoms with E-state index in [1.165, 1.54) is 0 Å². The Morgan fingerprint density at radius 2 is 1.80 bits per heavy atom. The molecule has 8 heteroatoms. The number of aliphatic hydroxyl groups excluding tert-OH is 1. The third-order valence-corrected chi connectivity index (χ3v) is 5.01. The van der Waals surface area contributed by atoms with Gasteiger partial charge < -0.3 is 25.3 Å². The van der Waals surface area contributed by atoms with Gasteiger partial charge in [0.1, 0.15) is 0 Å². The van der Waals surface area contributed by atoms with Crippen LogP contribution in [0, 0.1) is 0 Å². The van der Waals surface area contributed by atoms with Gasteiger partial charge in [0.2, 0.25) is 0 Å². The highest BCUT2D eigenvalue weighted by Gasteiger charge is 2.30. The number of hydrogen-bond acceptors (Lipinski definition) is 5. The minimum absolute atomic E-state index is 0.142. The van der Waals surface area contributed by atoms with E-state index in [0.29, 0.717) is 30.2 Å². The van der Waals surface area contributed by atoms with Crippen molar-refractivity contribution in [2.45, 2.75) is 6.42 Å². The van der Waals surface area contributed by atoms with Gasteiger partial charge >= 0.3 is 5.97 Å². The first kappa shape index (κ1) is 21.8. The fourth-order valence-corrected chi connectivity index (χ4v) is 3.65. The quantitative estimate of drug-likeness (QED) is 0.419. The Kier molecular flexibility index (Phi) is 7.46. The van der Waals surface area contributed by atoms with Crippen molar-refractivity contribution in [3.63, 3.8) is 0 Å². The van der Waals surface area contributed by atoms with Gasteiger partial charge in [-0.1, -0.05) is 29.8 Å². The van der Waals surface area contributed by atoms with Gasteiger partial charge in [0.05, 0.1) is 29.2 Å². The summed E-state index contributed by atoms with van der Waals surface area (Å²) in [5.41, 5.74) is 2.86. The summed E-state index contributed by atoms with van der Waals surface area (Å²) in [6.45, 7) is 1.82. The molecule has 0 fully saturated rings. The summed E-state index contributed by atoms with van der Waals surface area (Å²) in [5, 5.41) is 21.9. The molecule has 2 aromatic carbocycles. The molecule has 7 nitrogen and oxygen atoms in total. The molecule has 1 aliphatic heterocycles. The van der Waals surface area contributed by atoms with Gasteiger partial charge in [-0.05, 0) is 43.3 Å². The lowest BCUT2D eigenvalue weighted by molar-refractivity contribution is -0.131. The molecule has 2 aromatic rings. The largest absolute Gasteiger partial charge is 0.478 e. The Hall–Kier alpha value is -2.87. The summed E-state index contributed by atoms with van der Waals surface area (Å²) >= 11 is 6.25. The summed E-state index contributed by atoms with van der Waals surface area (Å²) in [4.78, 5) is 27.4. The third-order valence-electron chi connectivity index (χ3n) is 4.77. The molecular formula is C22H24ClN3O4. The van der Waals surface area contributed by atoms with Crippen molar-refractivity contribution in [1.82, 2.24) is 5.32 Å². The Balaban J connectivity index is 1.87. The number of aliphatic hydroxyl groups is 1. The average molecular weight is 430 g/mol. The van der Waals surface area contributed by atoms with Crippen LogP contribution in [0.5, 0.6) is 0 Å². The number of anilines is 3. The maximum atomic E-state index is 13.2. The van der Waals surface area contributed by atoms with Crippen molar-refractivity contribution < 1.29 is 19.8 Å². The summed E-state index contributed by atoms with van der Waals surface area (Å²) in [5.74, 6) is -1.15. The standard InChI is InChI=1S/C22H24ClN3O4/c23-16-8-9-17-20(15-16)25(12-4-11-24-10-3-7-21(28)29)18-5-1-2-6-19(18)26(13-14-27)22(17)30/h1-3,5-9,15,24,27H,4,10-14H2,(H,28,29)/b7-3+. The van der Waals surface area contributed by atoms with Gasteiger partial charge in [-0.2, -0.15) is 0 Å². The van der Waals surface area contributed by atoms with Crippen molar-refractivity contribution in [3.8, 4) is 0 Å². The molecule has 1 heterocycles. The molecule has 158 valence electrons. The number of carboxylic acids is 1. The van der Waals surface area contributed by atoms with E-state index < -0.39 is 5.97 Å². The number of carbonyl (C=O) groups excluding carboxylic acids is 1. The van der Waals surface area contributed by atoms with Crippen LogP contribution in [-0.4, -0.2) is 54.9 Å². The van der Waals surface area contributed by atoms with Crippen molar-refractivity contribution in [1.29, 1.82) is 0 Å². The lowest BCUT2D eigenvalue weighted by Gasteiger charge is -2.27. The van der Waals surface area contributed by atoms with Crippen LogP contribution in [0.2, 0.25) is 5.02 Å². The molecule has 1 aliphatic rings. The highest BCUT2D eigenvalue weighted by molar-refractivity contribution is 6.31. The van der Waals surface area contributed by atoms with E-state index in [2.05, 4.69) is 10.2 Å². The molecule has 0 unspecified atom stereocenters. The van der Waals surface area contributed by atoms with Crippen LogP contribution >= 0.6 is 11.6 Å². The number of halogens is 1. The summed E-state index contributed by atoms with van der Waals surface area (Å²) < 4.78 is 0. The number of nitrogens with one attached hydrogen (secondary N) is 1. The summed E-state index contributed by atoms with van der Waals surface area (Å²) in [7, 11) is 0. The molecule has 3 rings (SSSR count). The third kappa shape index (κ3) is 4.99. The molecule has 0 spiro atoms. The number of β-amino-alcohol motifs (C(OH)–C–C–N with tert-alkyl or cyclic N) is 1. The highest BCUT2D eigenvalue weighted by Crippen LogP contribution is 2.41. The molecule has 0 aromatic heterocycles. The molecule has 0 atom stereocenters. The second-order valence-corrected chi connectivity index (χ2v) is 7.22. The summed E-state index contributed by atoms with van der Waals surface area (Å²) in [6, 6.07) is 12.8. The Morgan fingerprint density at radius 1 is 1.07 bits per heavy atom. The van der Waals surface area contributed by atoms with Crippen LogP contribution in [0.3, 0.4) is 0 Å². The van der Waals surface area contributed by atoms with Crippen LogP contribution in [0.15, 0.2) is 54.6 Å². The van der Waals surface area contributed by atoms with Crippen LogP contribution < -0.4 is 15.1 Å². The number of aliphatic carboxylic acids is 1. The number of amides is 1. The fraction of sp³-hybridized carbons (Fsp3) is 0.273. The van der Waals surface area contributed by atoms with Gasteiger partial charge in [0.25, 0.3) is 5.91 Å². The Bertz CT molecular complexity index is 948. The molecule has 0 saturated carbocycles. The van der Waals surface area contributed by atoms with Crippen molar-refractivity contribution in [2.24, 2.45) is 0 Å². The van der Waals surface area contributed by atoms with Crippen molar-refractivity contribution >= 4 is 40.5 Å². The Labute approximate surface area is 180 Å². The van der Waals surface area contributed by atoms with Crippen LogP contribution in [0.25, 0.3) is 0 Å². The zero-order chi connectivity index (χ0) is 21.5. The molecule has 0 bridgehead atoms. The molecular weight excluding hydrogens is 406 g/mol. The molecule has 0 saturated heterocycles. The molecule has 0 radical (unpaired) electrons. The topological polar surface area (TPSA) is 93.1 Å². The number of rotatable bonds is 9. The van der Waals surface area contributed by atoms with E-state index in [9.17, 15) is 14.7 Å². The zero-order valence-electron chi connectivity index (χ0n) is 16.4. The maximum Gasteiger partial charge on any atom is 0.328 e.